The van der Waals surface area contributed by atoms with E-state index in [0.29, 0.717) is 18.2 Å². The summed E-state index contributed by atoms with van der Waals surface area (Å²) < 4.78 is 39.2. The van der Waals surface area contributed by atoms with Gasteiger partial charge < -0.3 is 5.32 Å². The number of benzene rings is 1. The van der Waals surface area contributed by atoms with Crippen LogP contribution in [-0.4, -0.2) is 55.1 Å². The Balaban J connectivity index is 1.63. The lowest BCUT2D eigenvalue weighted by Gasteiger charge is -2.32. The maximum absolute atomic E-state index is 13.1. The Hall–Kier alpha value is -1.11. The largest absolute Gasteiger partial charge is 0.416 e. The summed E-state index contributed by atoms with van der Waals surface area (Å²) in [4.78, 5) is 4.61. The molecule has 0 aliphatic carbocycles. The Morgan fingerprint density at radius 1 is 1.09 bits per heavy atom. The number of nitrogens with one attached hydrogen (secondary N) is 1. The van der Waals surface area contributed by atoms with Gasteiger partial charge in [0.25, 0.3) is 0 Å². The highest BCUT2D eigenvalue weighted by Gasteiger charge is 2.34. The summed E-state index contributed by atoms with van der Waals surface area (Å²) in [6.07, 6.45) is -3.22. The molecule has 3 rings (SSSR count). The van der Waals surface area contributed by atoms with Crippen molar-refractivity contribution < 1.29 is 13.2 Å². The Morgan fingerprint density at radius 2 is 1.82 bits per heavy atom. The Labute approximate surface area is 129 Å². The first kappa shape index (κ1) is 15.8. The fraction of sp³-hybridized carbons (Fsp3) is 0.625. The van der Waals surface area contributed by atoms with Crippen LogP contribution in [-0.2, 0) is 12.7 Å². The van der Waals surface area contributed by atoms with Crippen LogP contribution in [0.15, 0.2) is 24.3 Å². The summed E-state index contributed by atoms with van der Waals surface area (Å²) >= 11 is 0. The van der Waals surface area contributed by atoms with Crippen LogP contribution in [0, 0.1) is 0 Å². The summed E-state index contributed by atoms with van der Waals surface area (Å²) in [7, 11) is 0. The molecule has 122 valence electrons. The molecule has 2 fully saturated rings. The molecule has 2 saturated heterocycles. The minimum atomic E-state index is -4.27. The zero-order chi connectivity index (χ0) is 15.6. The first-order valence-electron chi connectivity index (χ1n) is 7.86. The molecule has 1 aromatic rings. The fourth-order valence-corrected chi connectivity index (χ4v) is 3.48. The summed E-state index contributed by atoms with van der Waals surface area (Å²) in [5, 5.41) is 3.33. The summed E-state index contributed by atoms with van der Waals surface area (Å²) in [5.74, 6) is 0. The molecule has 0 amide bonds. The van der Waals surface area contributed by atoms with Crippen LogP contribution in [0.25, 0.3) is 0 Å². The minimum absolute atomic E-state index is 0.385. The molecule has 22 heavy (non-hydrogen) atoms. The van der Waals surface area contributed by atoms with Gasteiger partial charge in [-0.25, -0.2) is 0 Å². The number of hydrogen-bond donors (Lipinski definition) is 1. The molecule has 1 N–H and O–H groups in total. The van der Waals surface area contributed by atoms with Gasteiger partial charge in [-0.2, -0.15) is 13.2 Å². The van der Waals surface area contributed by atoms with E-state index in [-0.39, 0.29) is 0 Å². The second-order valence-corrected chi connectivity index (χ2v) is 6.12. The number of piperazine rings is 1. The van der Waals surface area contributed by atoms with E-state index in [2.05, 4.69) is 15.1 Å². The van der Waals surface area contributed by atoms with Crippen LogP contribution in [0.4, 0.5) is 13.2 Å². The smallest absolute Gasteiger partial charge is 0.314 e. The Morgan fingerprint density at radius 3 is 2.55 bits per heavy atom. The average Bonchev–Trinajstić information content (AvgIpc) is 2.96. The van der Waals surface area contributed by atoms with Crippen molar-refractivity contribution in [3.63, 3.8) is 0 Å². The predicted molar refractivity (Wildman–Crippen MR) is 79.6 cm³/mol. The molecule has 3 nitrogen and oxygen atoms in total. The lowest BCUT2D eigenvalue weighted by atomic mass is 10.1. The van der Waals surface area contributed by atoms with Gasteiger partial charge in [0, 0.05) is 51.9 Å². The third-order valence-corrected chi connectivity index (χ3v) is 4.63. The van der Waals surface area contributed by atoms with Gasteiger partial charge in [0.15, 0.2) is 0 Å². The lowest BCUT2D eigenvalue weighted by Crippen LogP contribution is -2.49. The van der Waals surface area contributed by atoms with Crippen LogP contribution in [0.1, 0.15) is 17.5 Å². The maximum atomic E-state index is 13.1. The van der Waals surface area contributed by atoms with Gasteiger partial charge in [-0.1, -0.05) is 18.2 Å². The molecule has 0 bridgehead atoms. The van der Waals surface area contributed by atoms with E-state index in [1.54, 1.807) is 12.1 Å². The SMILES string of the molecule is FC(F)(F)c1ccccc1CN1CCC(N2CCNCC2)C1. The molecule has 0 spiro atoms. The van der Waals surface area contributed by atoms with Crippen molar-refractivity contribution >= 4 is 0 Å². The average molecular weight is 313 g/mol. The van der Waals surface area contributed by atoms with E-state index in [0.717, 1.165) is 45.7 Å². The maximum Gasteiger partial charge on any atom is 0.416 e. The second-order valence-electron chi connectivity index (χ2n) is 6.12. The third kappa shape index (κ3) is 3.62. The monoisotopic (exact) mass is 313 g/mol. The third-order valence-electron chi connectivity index (χ3n) is 4.63. The number of nitrogens with zero attached hydrogens (tertiary/aromatic N) is 2. The van der Waals surface area contributed by atoms with Gasteiger partial charge in [-0.05, 0) is 18.1 Å². The quantitative estimate of drug-likeness (QED) is 0.923. The van der Waals surface area contributed by atoms with Gasteiger partial charge in [0.1, 0.15) is 0 Å². The summed E-state index contributed by atoms with van der Waals surface area (Å²) in [6, 6.07) is 6.41. The molecule has 0 radical (unpaired) electrons. The van der Waals surface area contributed by atoms with Gasteiger partial charge in [-0.15, -0.1) is 0 Å². The first-order chi connectivity index (χ1) is 10.5. The number of likely N-dealkylation sites (tertiary alicyclic amines) is 1. The van der Waals surface area contributed by atoms with Crippen LogP contribution in [0.3, 0.4) is 0 Å². The van der Waals surface area contributed by atoms with Crippen LogP contribution in [0.2, 0.25) is 0 Å². The van der Waals surface area contributed by atoms with E-state index in [4.69, 9.17) is 0 Å². The van der Waals surface area contributed by atoms with Gasteiger partial charge in [0.05, 0.1) is 5.56 Å². The van der Waals surface area contributed by atoms with Crippen molar-refractivity contribution in [2.75, 3.05) is 39.3 Å². The molecule has 6 heteroatoms. The molecule has 1 aromatic carbocycles. The molecular formula is C16H22F3N3. The van der Waals surface area contributed by atoms with Crippen molar-refractivity contribution in [2.45, 2.75) is 25.2 Å². The van der Waals surface area contributed by atoms with E-state index < -0.39 is 11.7 Å². The van der Waals surface area contributed by atoms with Crippen molar-refractivity contribution in [1.29, 1.82) is 0 Å². The van der Waals surface area contributed by atoms with Crippen molar-refractivity contribution in [1.82, 2.24) is 15.1 Å². The van der Waals surface area contributed by atoms with Gasteiger partial charge in [-0.3, -0.25) is 9.80 Å². The summed E-state index contributed by atoms with van der Waals surface area (Å²) in [6.45, 7) is 6.22. The van der Waals surface area contributed by atoms with E-state index in [9.17, 15) is 13.2 Å². The van der Waals surface area contributed by atoms with Crippen LogP contribution >= 0.6 is 0 Å². The Kier molecular flexibility index (Phi) is 4.70. The molecular weight excluding hydrogens is 291 g/mol. The Bertz CT molecular complexity index is 498. The molecule has 2 heterocycles. The highest BCUT2D eigenvalue weighted by Crippen LogP contribution is 2.33. The van der Waals surface area contributed by atoms with E-state index in [1.807, 2.05) is 0 Å². The lowest BCUT2D eigenvalue weighted by molar-refractivity contribution is -0.138. The molecule has 0 saturated carbocycles. The van der Waals surface area contributed by atoms with Gasteiger partial charge >= 0.3 is 6.18 Å². The standard InChI is InChI=1S/C16H22F3N3/c17-16(18,19)15-4-2-1-3-13(15)11-21-8-5-14(12-21)22-9-6-20-7-10-22/h1-4,14,20H,5-12H2. The highest BCUT2D eigenvalue weighted by molar-refractivity contribution is 5.29. The van der Waals surface area contributed by atoms with Crippen molar-refractivity contribution in [3.05, 3.63) is 35.4 Å². The van der Waals surface area contributed by atoms with Crippen LogP contribution in [0.5, 0.6) is 0 Å². The number of alkyl halides is 3. The number of halogens is 3. The second kappa shape index (κ2) is 6.56. The normalized spacial score (nSPS) is 24.8. The molecule has 2 aliphatic rings. The van der Waals surface area contributed by atoms with Crippen molar-refractivity contribution in [2.24, 2.45) is 0 Å². The molecule has 2 aliphatic heterocycles. The van der Waals surface area contributed by atoms with Crippen molar-refractivity contribution in [3.8, 4) is 0 Å². The predicted octanol–water partition coefficient (Wildman–Crippen LogP) is 2.18. The fourth-order valence-electron chi connectivity index (χ4n) is 3.48. The highest BCUT2D eigenvalue weighted by atomic mass is 19.4. The van der Waals surface area contributed by atoms with Crippen LogP contribution < -0.4 is 5.32 Å². The molecule has 1 unspecified atom stereocenters. The first-order valence-corrected chi connectivity index (χ1v) is 7.86. The van der Waals surface area contributed by atoms with E-state index >= 15 is 0 Å². The van der Waals surface area contributed by atoms with E-state index in [1.165, 1.54) is 12.1 Å². The van der Waals surface area contributed by atoms with Gasteiger partial charge in [0.2, 0.25) is 0 Å². The number of hydrogen-bond acceptors (Lipinski definition) is 3. The zero-order valence-electron chi connectivity index (χ0n) is 12.6. The topological polar surface area (TPSA) is 18.5 Å². The minimum Gasteiger partial charge on any atom is -0.314 e. The summed E-state index contributed by atoms with van der Waals surface area (Å²) in [5.41, 5.74) is -0.114. The molecule has 0 aromatic heterocycles. The number of rotatable bonds is 3. The molecule has 1 atom stereocenters. The zero-order valence-corrected chi connectivity index (χ0v) is 12.6.